The van der Waals surface area contributed by atoms with E-state index in [1.165, 1.54) is 0 Å². The fraction of sp³-hybridized carbons (Fsp3) is 0.471. The highest BCUT2D eigenvalue weighted by molar-refractivity contribution is 5.72. The van der Waals surface area contributed by atoms with Crippen molar-refractivity contribution in [2.45, 2.75) is 25.3 Å². The Kier molecular flexibility index (Phi) is 3.60. The minimum absolute atomic E-state index is 0.153. The van der Waals surface area contributed by atoms with Gasteiger partial charge in [0.05, 0.1) is 24.5 Å². The van der Waals surface area contributed by atoms with E-state index in [1.54, 1.807) is 6.92 Å². The van der Waals surface area contributed by atoms with Crippen LogP contribution in [0.2, 0.25) is 0 Å². The third-order valence-corrected chi connectivity index (χ3v) is 5.42. The Hall–Kier alpha value is -2.01. The fourth-order valence-electron chi connectivity index (χ4n) is 3.81. The Bertz CT molecular complexity index is 621. The number of benzene rings is 1. The van der Waals surface area contributed by atoms with Gasteiger partial charge in [0.25, 0.3) is 0 Å². The fourth-order valence-corrected chi connectivity index (χ4v) is 3.81. The maximum atomic E-state index is 12.0. The summed E-state index contributed by atoms with van der Waals surface area (Å²) in [5.41, 5.74) is 0.177. The van der Waals surface area contributed by atoms with Crippen LogP contribution in [0.25, 0.3) is 5.57 Å². The number of nitro groups is 1. The SMILES string of the molecule is C[C@@]1([N+](=O)[O-])[C@@H](CC=O)C(c2ccccc2)=CCC12COC2. The third-order valence-electron chi connectivity index (χ3n) is 5.42. The molecule has 0 unspecified atom stereocenters. The molecule has 0 radical (unpaired) electrons. The summed E-state index contributed by atoms with van der Waals surface area (Å²) >= 11 is 0. The van der Waals surface area contributed by atoms with Gasteiger partial charge < -0.3 is 9.53 Å². The summed E-state index contributed by atoms with van der Waals surface area (Å²) in [6.45, 7) is 2.45. The van der Waals surface area contributed by atoms with E-state index < -0.39 is 16.9 Å². The first kappa shape index (κ1) is 14.9. The molecule has 2 aliphatic rings. The van der Waals surface area contributed by atoms with Crippen molar-refractivity contribution in [3.8, 4) is 0 Å². The van der Waals surface area contributed by atoms with Crippen LogP contribution in [-0.2, 0) is 9.53 Å². The molecular weight excluding hydrogens is 282 g/mol. The predicted octanol–water partition coefficient (Wildman–Crippen LogP) is 2.73. The molecule has 1 saturated heterocycles. The van der Waals surface area contributed by atoms with Gasteiger partial charge in [-0.15, -0.1) is 0 Å². The van der Waals surface area contributed by atoms with Crippen LogP contribution in [0, 0.1) is 21.4 Å². The van der Waals surface area contributed by atoms with Crippen LogP contribution in [0.4, 0.5) is 0 Å². The van der Waals surface area contributed by atoms with Crippen molar-refractivity contribution in [2.75, 3.05) is 13.2 Å². The summed E-state index contributed by atoms with van der Waals surface area (Å²) in [6.07, 6.45) is 3.63. The summed E-state index contributed by atoms with van der Waals surface area (Å²) in [7, 11) is 0. The number of allylic oxidation sites excluding steroid dienone is 1. The molecule has 22 heavy (non-hydrogen) atoms. The first-order chi connectivity index (χ1) is 10.5. The highest BCUT2D eigenvalue weighted by Gasteiger charge is 2.67. The molecule has 1 heterocycles. The number of carbonyl (C=O) groups excluding carboxylic acids is 1. The largest absolute Gasteiger partial charge is 0.380 e. The Morgan fingerprint density at radius 2 is 2.05 bits per heavy atom. The molecular formula is C17H19NO4. The molecule has 1 spiro atoms. The van der Waals surface area contributed by atoms with Crippen molar-refractivity contribution < 1.29 is 14.5 Å². The molecule has 0 N–H and O–H groups in total. The molecule has 0 bridgehead atoms. The van der Waals surface area contributed by atoms with E-state index in [-0.39, 0.29) is 11.3 Å². The molecule has 1 aliphatic carbocycles. The van der Waals surface area contributed by atoms with Gasteiger partial charge in [0, 0.05) is 18.3 Å². The molecule has 1 aliphatic heterocycles. The molecule has 3 rings (SSSR count). The Labute approximate surface area is 129 Å². The molecule has 1 fully saturated rings. The van der Waals surface area contributed by atoms with Crippen LogP contribution >= 0.6 is 0 Å². The van der Waals surface area contributed by atoms with E-state index in [2.05, 4.69) is 6.08 Å². The zero-order valence-corrected chi connectivity index (χ0v) is 12.5. The Morgan fingerprint density at radius 3 is 2.55 bits per heavy atom. The summed E-state index contributed by atoms with van der Waals surface area (Å²) in [4.78, 5) is 23.0. The van der Waals surface area contributed by atoms with E-state index >= 15 is 0 Å². The van der Waals surface area contributed by atoms with Crippen LogP contribution < -0.4 is 0 Å². The van der Waals surface area contributed by atoms with Crippen molar-refractivity contribution in [1.29, 1.82) is 0 Å². The second-order valence-corrected chi connectivity index (χ2v) is 6.36. The van der Waals surface area contributed by atoms with Crippen molar-refractivity contribution in [1.82, 2.24) is 0 Å². The van der Waals surface area contributed by atoms with Crippen molar-refractivity contribution in [2.24, 2.45) is 11.3 Å². The minimum atomic E-state index is -1.19. The van der Waals surface area contributed by atoms with E-state index in [0.29, 0.717) is 19.6 Å². The lowest BCUT2D eigenvalue weighted by atomic mass is 9.55. The first-order valence-corrected chi connectivity index (χ1v) is 7.46. The number of hydrogen-bond acceptors (Lipinski definition) is 4. The molecule has 1 aromatic carbocycles. The third kappa shape index (κ3) is 1.92. The zero-order valence-electron chi connectivity index (χ0n) is 12.5. The van der Waals surface area contributed by atoms with E-state index in [0.717, 1.165) is 17.4 Å². The van der Waals surface area contributed by atoms with Crippen molar-refractivity contribution in [3.63, 3.8) is 0 Å². The number of aldehydes is 1. The second kappa shape index (κ2) is 5.32. The number of nitrogens with zero attached hydrogens (tertiary/aromatic N) is 1. The van der Waals surface area contributed by atoms with E-state index in [9.17, 15) is 14.9 Å². The quantitative estimate of drug-likeness (QED) is 0.487. The van der Waals surface area contributed by atoms with Crippen LogP contribution in [0.5, 0.6) is 0 Å². The summed E-state index contributed by atoms with van der Waals surface area (Å²) in [5, 5.41) is 12.0. The van der Waals surface area contributed by atoms with Gasteiger partial charge >= 0.3 is 0 Å². The van der Waals surface area contributed by atoms with Crippen LogP contribution in [-0.4, -0.2) is 30.0 Å². The maximum Gasteiger partial charge on any atom is 0.236 e. The average molecular weight is 301 g/mol. The van der Waals surface area contributed by atoms with Crippen molar-refractivity contribution in [3.05, 3.63) is 52.1 Å². The van der Waals surface area contributed by atoms with Gasteiger partial charge in [-0.25, -0.2) is 0 Å². The number of hydrogen-bond donors (Lipinski definition) is 0. The van der Waals surface area contributed by atoms with Gasteiger partial charge in [0.2, 0.25) is 5.54 Å². The molecule has 5 heteroatoms. The highest BCUT2D eigenvalue weighted by Crippen LogP contribution is 2.55. The van der Waals surface area contributed by atoms with Gasteiger partial charge in [0.15, 0.2) is 0 Å². The zero-order chi connectivity index (χ0) is 15.8. The molecule has 2 atom stereocenters. The van der Waals surface area contributed by atoms with Crippen LogP contribution in [0.3, 0.4) is 0 Å². The van der Waals surface area contributed by atoms with Gasteiger partial charge in [-0.1, -0.05) is 36.4 Å². The standard InChI is InChI=1S/C17H19NO4/c1-16(18(20)21)15(8-10-19)14(13-5-3-2-4-6-13)7-9-17(16)11-22-12-17/h2-7,10,15H,8-9,11-12H2,1H3/t15-,16+/m0/s1. The molecule has 0 amide bonds. The monoisotopic (exact) mass is 301 g/mol. The van der Waals surface area contributed by atoms with Gasteiger partial charge in [0.1, 0.15) is 6.29 Å². The molecule has 5 nitrogen and oxygen atoms in total. The second-order valence-electron chi connectivity index (χ2n) is 6.36. The van der Waals surface area contributed by atoms with Crippen LogP contribution in [0.15, 0.2) is 36.4 Å². The molecule has 116 valence electrons. The Morgan fingerprint density at radius 1 is 1.36 bits per heavy atom. The Balaban J connectivity index is 2.12. The summed E-state index contributed by atoms with van der Waals surface area (Å²) in [6, 6.07) is 9.62. The minimum Gasteiger partial charge on any atom is -0.380 e. The van der Waals surface area contributed by atoms with Crippen molar-refractivity contribution >= 4 is 11.9 Å². The molecule has 1 aromatic rings. The first-order valence-electron chi connectivity index (χ1n) is 7.46. The van der Waals surface area contributed by atoms with E-state index in [4.69, 9.17) is 4.74 Å². The normalized spacial score (nSPS) is 29.5. The smallest absolute Gasteiger partial charge is 0.236 e. The molecule has 0 aromatic heterocycles. The maximum absolute atomic E-state index is 12.0. The number of ether oxygens (including phenoxy) is 1. The van der Waals surface area contributed by atoms with Gasteiger partial charge in [-0.2, -0.15) is 0 Å². The lowest BCUT2D eigenvalue weighted by Crippen LogP contribution is -2.66. The number of rotatable bonds is 4. The highest BCUT2D eigenvalue weighted by atomic mass is 16.6. The van der Waals surface area contributed by atoms with Crippen LogP contribution in [0.1, 0.15) is 25.3 Å². The summed E-state index contributed by atoms with van der Waals surface area (Å²) in [5.74, 6) is -0.431. The predicted molar refractivity (Wildman–Crippen MR) is 81.9 cm³/mol. The topological polar surface area (TPSA) is 69.4 Å². The summed E-state index contributed by atoms with van der Waals surface area (Å²) < 4.78 is 5.31. The molecule has 0 saturated carbocycles. The lowest BCUT2D eigenvalue weighted by molar-refractivity contribution is -0.606. The van der Waals surface area contributed by atoms with Gasteiger partial charge in [-0.3, -0.25) is 10.1 Å². The lowest BCUT2D eigenvalue weighted by Gasteiger charge is -2.53. The van der Waals surface area contributed by atoms with Gasteiger partial charge in [-0.05, 0) is 17.6 Å². The number of carbonyl (C=O) groups is 1. The average Bonchev–Trinajstić information content (AvgIpc) is 2.48. The van der Waals surface area contributed by atoms with E-state index in [1.807, 2.05) is 30.3 Å².